The van der Waals surface area contributed by atoms with E-state index in [4.69, 9.17) is 9.47 Å². The Hall–Kier alpha value is -1.48. The molecule has 0 radical (unpaired) electrons. The van der Waals surface area contributed by atoms with E-state index in [1.807, 2.05) is 36.4 Å². The third-order valence-corrected chi connectivity index (χ3v) is 2.21. The summed E-state index contributed by atoms with van der Waals surface area (Å²) in [6.45, 7) is 0.896. The largest absolute Gasteiger partial charge is 0.495 e. The summed E-state index contributed by atoms with van der Waals surface area (Å²) in [5.41, 5.74) is 0. The van der Waals surface area contributed by atoms with E-state index in [0.29, 0.717) is 12.4 Å². The van der Waals surface area contributed by atoms with E-state index in [2.05, 4.69) is 0 Å². The number of aliphatic hydroxyl groups is 1. The maximum atomic E-state index is 9.69. The van der Waals surface area contributed by atoms with Gasteiger partial charge < -0.3 is 14.6 Å². The second-order valence-corrected chi connectivity index (χ2v) is 3.38. The van der Waals surface area contributed by atoms with Crippen molar-refractivity contribution >= 4 is 0 Å². The minimum atomic E-state index is -0.660. The number of ether oxygens (including phenoxy) is 2. The van der Waals surface area contributed by atoms with Gasteiger partial charge in [-0.05, 0) is 18.2 Å². The predicted octanol–water partition coefficient (Wildman–Crippen LogP) is 1.73. The molecule has 2 rings (SSSR count). The molecule has 0 fully saturated rings. The molecule has 1 aliphatic rings. The third kappa shape index (κ3) is 2.73. The van der Waals surface area contributed by atoms with E-state index in [-0.39, 0.29) is 6.61 Å². The van der Waals surface area contributed by atoms with Crippen molar-refractivity contribution in [3.05, 3.63) is 42.2 Å². The van der Waals surface area contributed by atoms with Crippen LogP contribution >= 0.6 is 0 Å². The lowest BCUT2D eigenvalue weighted by Gasteiger charge is -2.13. The molecule has 0 aromatic heterocycles. The van der Waals surface area contributed by atoms with Crippen LogP contribution in [0.2, 0.25) is 0 Å². The van der Waals surface area contributed by atoms with Crippen LogP contribution in [0, 0.1) is 0 Å². The van der Waals surface area contributed by atoms with Crippen molar-refractivity contribution in [3.63, 3.8) is 0 Å². The van der Waals surface area contributed by atoms with E-state index < -0.39 is 6.10 Å². The molecule has 1 aromatic carbocycles. The summed E-state index contributed by atoms with van der Waals surface area (Å²) in [5, 5.41) is 9.69. The Balaban J connectivity index is 1.83. The lowest BCUT2D eigenvalue weighted by Crippen LogP contribution is -2.20. The molecule has 1 aliphatic heterocycles. The molecule has 1 aromatic rings. The van der Waals surface area contributed by atoms with Crippen molar-refractivity contribution in [3.8, 4) is 5.75 Å². The molecule has 0 saturated carbocycles. The molecule has 1 heterocycles. The van der Waals surface area contributed by atoms with Gasteiger partial charge >= 0.3 is 0 Å². The summed E-state index contributed by atoms with van der Waals surface area (Å²) in [6.07, 6.45) is 2.12. The molecule has 1 unspecified atom stereocenters. The smallest absolute Gasteiger partial charge is 0.144 e. The van der Waals surface area contributed by atoms with Crippen LogP contribution in [0.15, 0.2) is 42.2 Å². The van der Waals surface area contributed by atoms with Crippen LogP contribution < -0.4 is 4.74 Å². The molecule has 80 valence electrons. The molecule has 15 heavy (non-hydrogen) atoms. The molecule has 0 aliphatic carbocycles. The number of para-hydroxylation sites is 1. The van der Waals surface area contributed by atoms with Gasteiger partial charge in [0.25, 0.3) is 0 Å². The van der Waals surface area contributed by atoms with Crippen molar-refractivity contribution in [2.24, 2.45) is 0 Å². The summed E-state index contributed by atoms with van der Waals surface area (Å²) in [7, 11) is 0. The minimum absolute atomic E-state index is 0.232. The van der Waals surface area contributed by atoms with E-state index >= 15 is 0 Å². The van der Waals surface area contributed by atoms with E-state index in [1.165, 1.54) is 0 Å². The van der Waals surface area contributed by atoms with E-state index in [9.17, 15) is 5.11 Å². The Bertz CT molecular complexity index is 332. The van der Waals surface area contributed by atoms with Gasteiger partial charge in [-0.2, -0.15) is 0 Å². The van der Waals surface area contributed by atoms with Crippen molar-refractivity contribution in [2.45, 2.75) is 12.5 Å². The second kappa shape index (κ2) is 4.84. The SMILES string of the molecule is OC(COc1ccccc1)C1=CCCO1. The van der Waals surface area contributed by atoms with Gasteiger partial charge in [0.2, 0.25) is 0 Å². The summed E-state index contributed by atoms with van der Waals surface area (Å²) >= 11 is 0. The molecule has 0 saturated heterocycles. The highest BCUT2D eigenvalue weighted by Crippen LogP contribution is 2.15. The monoisotopic (exact) mass is 206 g/mol. The van der Waals surface area contributed by atoms with Crippen molar-refractivity contribution in [1.29, 1.82) is 0 Å². The lowest BCUT2D eigenvalue weighted by molar-refractivity contribution is 0.0776. The molecule has 3 heteroatoms. The second-order valence-electron chi connectivity index (χ2n) is 3.38. The zero-order valence-corrected chi connectivity index (χ0v) is 8.43. The summed E-state index contributed by atoms with van der Waals surface area (Å²) in [5.74, 6) is 1.39. The van der Waals surface area contributed by atoms with Gasteiger partial charge in [0.15, 0.2) is 0 Å². The molecule has 0 spiro atoms. The topological polar surface area (TPSA) is 38.7 Å². The van der Waals surface area contributed by atoms with E-state index in [0.717, 1.165) is 12.2 Å². The molecule has 1 atom stereocenters. The Kier molecular flexibility index (Phi) is 3.25. The summed E-state index contributed by atoms with van der Waals surface area (Å²) in [4.78, 5) is 0. The van der Waals surface area contributed by atoms with Crippen LogP contribution in [-0.2, 0) is 4.74 Å². The Morgan fingerprint density at radius 1 is 1.33 bits per heavy atom. The van der Waals surface area contributed by atoms with Gasteiger partial charge in [-0.15, -0.1) is 0 Å². The third-order valence-electron chi connectivity index (χ3n) is 2.21. The first-order valence-corrected chi connectivity index (χ1v) is 5.05. The molecule has 0 bridgehead atoms. The fourth-order valence-electron chi connectivity index (χ4n) is 1.44. The van der Waals surface area contributed by atoms with Gasteiger partial charge in [0.05, 0.1) is 6.61 Å². The first kappa shape index (κ1) is 10.1. The van der Waals surface area contributed by atoms with Crippen LogP contribution in [0.3, 0.4) is 0 Å². The predicted molar refractivity (Wildman–Crippen MR) is 56.6 cm³/mol. The van der Waals surface area contributed by atoms with Crippen LogP contribution in [-0.4, -0.2) is 24.4 Å². The lowest BCUT2D eigenvalue weighted by atomic mass is 10.3. The van der Waals surface area contributed by atoms with Crippen molar-refractivity contribution in [2.75, 3.05) is 13.2 Å². The fourth-order valence-corrected chi connectivity index (χ4v) is 1.44. The minimum Gasteiger partial charge on any atom is -0.495 e. The van der Waals surface area contributed by atoms with Crippen LogP contribution in [0.5, 0.6) is 5.75 Å². The van der Waals surface area contributed by atoms with Crippen molar-refractivity contribution in [1.82, 2.24) is 0 Å². The zero-order valence-electron chi connectivity index (χ0n) is 8.43. The molecule has 3 nitrogen and oxygen atoms in total. The maximum absolute atomic E-state index is 9.69. The molecular weight excluding hydrogens is 192 g/mol. The van der Waals surface area contributed by atoms with Crippen LogP contribution in [0.25, 0.3) is 0 Å². The average Bonchev–Trinajstić information content (AvgIpc) is 2.81. The van der Waals surface area contributed by atoms with E-state index in [1.54, 1.807) is 0 Å². The maximum Gasteiger partial charge on any atom is 0.144 e. The summed E-state index contributed by atoms with van der Waals surface area (Å²) < 4.78 is 10.6. The molecular formula is C12H14O3. The van der Waals surface area contributed by atoms with Gasteiger partial charge in [-0.3, -0.25) is 0 Å². The van der Waals surface area contributed by atoms with Crippen LogP contribution in [0.1, 0.15) is 6.42 Å². The average molecular weight is 206 g/mol. The quantitative estimate of drug-likeness (QED) is 0.815. The summed E-state index contributed by atoms with van der Waals surface area (Å²) in [6, 6.07) is 9.43. The Labute approximate surface area is 88.9 Å². The molecule has 1 N–H and O–H groups in total. The zero-order chi connectivity index (χ0) is 10.5. The number of aliphatic hydroxyl groups excluding tert-OH is 1. The number of rotatable bonds is 4. The fraction of sp³-hybridized carbons (Fsp3) is 0.333. The number of benzene rings is 1. The van der Waals surface area contributed by atoms with Crippen LogP contribution in [0.4, 0.5) is 0 Å². The van der Waals surface area contributed by atoms with Gasteiger partial charge in [-0.1, -0.05) is 18.2 Å². The first-order chi connectivity index (χ1) is 7.36. The highest BCUT2D eigenvalue weighted by Gasteiger charge is 2.16. The highest BCUT2D eigenvalue weighted by atomic mass is 16.5. The number of hydrogen-bond acceptors (Lipinski definition) is 3. The Morgan fingerprint density at radius 2 is 2.13 bits per heavy atom. The first-order valence-electron chi connectivity index (χ1n) is 5.05. The number of hydrogen-bond donors (Lipinski definition) is 1. The van der Waals surface area contributed by atoms with Gasteiger partial charge in [-0.25, -0.2) is 0 Å². The van der Waals surface area contributed by atoms with Gasteiger partial charge in [0.1, 0.15) is 24.2 Å². The standard InChI is InChI=1S/C12H14O3/c13-11(12-7-4-8-14-12)9-15-10-5-2-1-3-6-10/h1-3,5-7,11,13H,4,8-9H2. The Morgan fingerprint density at radius 3 is 2.80 bits per heavy atom. The van der Waals surface area contributed by atoms with Crippen molar-refractivity contribution < 1.29 is 14.6 Å². The normalized spacial score (nSPS) is 16.7. The molecule has 0 amide bonds. The highest BCUT2D eigenvalue weighted by molar-refractivity contribution is 5.21. The van der Waals surface area contributed by atoms with Gasteiger partial charge in [0, 0.05) is 6.42 Å².